The molecule has 0 radical (unpaired) electrons. The molecule has 80 valence electrons. The third kappa shape index (κ3) is 4.60. The van der Waals surface area contributed by atoms with Crippen LogP contribution in [-0.2, 0) is 0 Å². The molecule has 1 aromatic rings. The molecular weight excluding hydrogens is 220 g/mol. The van der Waals surface area contributed by atoms with Gasteiger partial charge >= 0.3 is 0 Å². The van der Waals surface area contributed by atoms with Crippen LogP contribution in [0, 0.1) is 0 Å². The first-order chi connectivity index (χ1) is 6.20. The van der Waals surface area contributed by atoms with E-state index in [1.54, 1.807) is 0 Å². The number of likely N-dealkylation sites (N-methyl/N-ethyl adjacent to an activating group) is 1. The summed E-state index contributed by atoms with van der Waals surface area (Å²) < 4.78 is 0. The van der Waals surface area contributed by atoms with E-state index in [2.05, 4.69) is 19.4 Å². The molecule has 5 heteroatoms. The summed E-state index contributed by atoms with van der Waals surface area (Å²) in [5.41, 5.74) is 0. The molecule has 1 amide bonds. The minimum Gasteiger partial charge on any atom is -1.00 e. The van der Waals surface area contributed by atoms with Crippen LogP contribution in [0.3, 0.4) is 0 Å². The van der Waals surface area contributed by atoms with Crippen molar-refractivity contribution in [3.63, 3.8) is 0 Å². The van der Waals surface area contributed by atoms with Gasteiger partial charge in [0.05, 0.1) is 32.1 Å². The zero-order valence-electron chi connectivity index (χ0n) is 8.34. The van der Waals surface area contributed by atoms with Gasteiger partial charge in [0, 0.05) is 0 Å². The number of amides is 1. The summed E-state index contributed by atoms with van der Waals surface area (Å²) in [6, 6.07) is 3.72. The predicted octanol–water partition coefficient (Wildman–Crippen LogP) is -3.37. The number of thiophene rings is 1. The first kappa shape index (κ1) is 13.4. The van der Waals surface area contributed by atoms with Crippen molar-refractivity contribution in [2.24, 2.45) is 0 Å². The van der Waals surface area contributed by atoms with E-state index < -0.39 is 0 Å². The highest BCUT2D eigenvalue weighted by Gasteiger charge is 2.05. The van der Waals surface area contributed by atoms with E-state index in [-0.39, 0.29) is 18.3 Å². The SMILES string of the molecule is C[NH+](C)CCNC(=O)c1cccs1.[Cl-]. The first-order valence-electron chi connectivity index (χ1n) is 4.31. The second-order valence-corrected chi connectivity index (χ2v) is 4.14. The summed E-state index contributed by atoms with van der Waals surface area (Å²) in [6.07, 6.45) is 0. The van der Waals surface area contributed by atoms with Crippen molar-refractivity contribution in [1.82, 2.24) is 5.32 Å². The predicted molar refractivity (Wildman–Crippen MR) is 54.3 cm³/mol. The lowest BCUT2D eigenvalue weighted by Gasteiger charge is -2.07. The molecule has 0 aromatic carbocycles. The summed E-state index contributed by atoms with van der Waals surface area (Å²) in [6.45, 7) is 1.69. The van der Waals surface area contributed by atoms with Crippen molar-refractivity contribution < 1.29 is 22.1 Å². The summed E-state index contributed by atoms with van der Waals surface area (Å²) in [4.78, 5) is 13.5. The standard InChI is InChI=1S/C9H14N2OS.ClH/c1-11(2)6-5-10-9(12)8-4-3-7-13-8;/h3-4,7H,5-6H2,1-2H3,(H,10,12);1H. The van der Waals surface area contributed by atoms with Gasteiger partial charge in [-0.25, -0.2) is 0 Å². The van der Waals surface area contributed by atoms with Crippen molar-refractivity contribution >= 4 is 17.2 Å². The zero-order valence-corrected chi connectivity index (χ0v) is 9.91. The monoisotopic (exact) mass is 234 g/mol. The van der Waals surface area contributed by atoms with E-state index in [9.17, 15) is 4.79 Å². The highest BCUT2D eigenvalue weighted by Crippen LogP contribution is 2.07. The molecule has 1 rings (SSSR count). The second-order valence-electron chi connectivity index (χ2n) is 3.19. The maximum absolute atomic E-state index is 11.4. The van der Waals surface area contributed by atoms with Gasteiger partial charge in [0.1, 0.15) is 0 Å². The van der Waals surface area contributed by atoms with Gasteiger partial charge in [0.15, 0.2) is 0 Å². The van der Waals surface area contributed by atoms with Gasteiger partial charge in [0.25, 0.3) is 5.91 Å². The van der Waals surface area contributed by atoms with E-state index in [0.717, 1.165) is 18.0 Å². The smallest absolute Gasteiger partial charge is 0.261 e. The van der Waals surface area contributed by atoms with Gasteiger partial charge in [0.2, 0.25) is 0 Å². The molecule has 0 bridgehead atoms. The minimum absolute atomic E-state index is 0. The quantitative estimate of drug-likeness (QED) is 0.561. The number of hydrogen-bond donors (Lipinski definition) is 2. The fraction of sp³-hybridized carbons (Fsp3) is 0.444. The number of carbonyl (C=O) groups excluding carboxylic acids is 1. The van der Waals surface area contributed by atoms with Crippen LogP contribution in [0.5, 0.6) is 0 Å². The lowest BCUT2D eigenvalue weighted by atomic mass is 10.4. The molecule has 0 aliphatic heterocycles. The molecule has 0 saturated heterocycles. The molecule has 0 aliphatic carbocycles. The Hall–Kier alpha value is -0.580. The van der Waals surface area contributed by atoms with Gasteiger partial charge in [-0.1, -0.05) is 6.07 Å². The Labute approximate surface area is 94.5 Å². The maximum Gasteiger partial charge on any atom is 0.261 e. The number of quaternary nitrogens is 1. The van der Waals surface area contributed by atoms with Crippen molar-refractivity contribution in [1.29, 1.82) is 0 Å². The van der Waals surface area contributed by atoms with E-state index >= 15 is 0 Å². The van der Waals surface area contributed by atoms with Crippen LogP contribution < -0.4 is 22.6 Å². The molecule has 0 saturated carbocycles. The fourth-order valence-electron chi connectivity index (χ4n) is 0.921. The number of carbonyl (C=O) groups is 1. The van der Waals surface area contributed by atoms with Crippen molar-refractivity contribution in [3.8, 4) is 0 Å². The molecule has 0 spiro atoms. The lowest BCUT2D eigenvalue weighted by molar-refractivity contribution is -0.856. The molecule has 0 aliphatic rings. The van der Waals surface area contributed by atoms with Crippen molar-refractivity contribution in [3.05, 3.63) is 22.4 Å². The third-order valence-electron chi connectivity index (χ3n) is 1.66. The van der Waals surface area contributed by atoms with Gasteiger partial charge in [-0.3, -0.25) is 4.79 Å². The fourth-order valence-corrected chi connectivity index (χ4v) is 1.56. The number of rotatable bonds is 4. The first-order valence-corrected chi connectivity index (χ1v) is 5.19. The van der Waals surface area contributed by atoms with E-state index in [1.165, 1.54) is 16.2 Å². The Kier molecular flexibility index (Phi) is 6.53. The molecule has 3 nitrogen and oxygen atoms in total. The number of hydrogen-bond acceptors (Lipinski definition) is 2. The van der Waals surface area contributed by atoms with Crippen molar-refractivity contribution in [2.45, 2.75) is 0 Å². The highest BCUT2D eigenvalue weighted by molar-refractivity contribution is 7.12. The van der Waals surface area contributed by atoms with E-state index in [1.807, 2.05) is 17.5 Å². The maximum atomic E-state index is 11.4. The molecule has 0 unspecified atom stereocenters. The molecule has 1 heterocycles. The van der Waals surface area contributed by atoms with Crippen LogP contribution in [0.1, 0.15) is 9.67 Å². The molecular formula is C9H15ClN2OS. The number of nitrogens with one attached hydrogen (secondary N) is 2. The minimum atomic E-state index is 0. The second kappa shape index (κ2) is 6.81. The molecule has 14 heavy (non-hydrogen) atoms. The van der Waals surface area contributed by atoms with Gasteiger partial charge in [-0.15, -0.1) is 11.3 Å². The van der Waals surface area contributed by atoms with Crippen LogP contribution in [-0.4, -0.2) is 33.1 Å². The van der Waals surface area contributed by atoms with E-state index in [4.69, 9.17) is 0 Å². The van der Waals surface area contributed by atoms with Gasteiger partial charge in [-0.05, 0) is 11.4 Å². The van der Waals surface area contributed by atoms with Gasteiger partial charge in [-0.2, -0.15) is 0 Å². The molecule has 0 fully saturated rings. The normalized spacial score (nSPS) is 9.64. The largest absolute Gasteiger partial charge is 1.00 e. The summed E-state index contributed by atoms with van der Waals surface area (Å²) >= 11 is 1.47. The molecule has 1 aromatic heterocycles. The Morgan fingerprint density at radius 2 is 2.29 bits per heavy atom. The van der Waals surface area contributed by atoms with Crippen LogP contribution in [0.2, 0.25) is 0 Å². The van der Waals surface area contributed by atoms with Crippen LogP contribution >= 0.6 is 11.3 Å². The highest BCUT2D eigenvalue weighted by atomic mass is 35.5. The van der Waals surface area contributed by atoms with Crippen LogP contribution in [0.25, 0.3) is 0 Å². The van der Waals surface area contributed by atoms with E-state index in [0.29, 0.717) is 0 Å². The zero-order chi connectivity index (χ0) is 9.68. The molecule has 2 N–H and O–H groups in total. The average Bonchev–Trinajstić information content (AvgIpc) is 2.55. The summed E-state index contributed by atoms with van der Waals surface area (Å²) in [5, 5.41) is 4.78. The Morgan fingerprint density at radius 1 is 1.57 bits per heavy atom. The van der Waals surface area contributed by atoms with Gasteiger partial charge < -0.3 is 22.6 Å². The third-order valence-corrected chi connectivity index (χ3v) is 2.52. The molecule has 0 atom stereocenters. The Morgan fingerprint density at radius 3 is 2.79 bits per heavy atom. The van der Waals surface area contributed by atoms with Crippen LogP contribution in [0.4, 0.5) is 0 Å². The van der Waals surface area contributed by atoms with Crippen molar-refractivity contribution in [2.75, 3.05) is 27.2 Å². The topological polar surface area (TPSA) is 33.5 Å². The number of halogens is 1. The summed E-state index contributed by atoms with van der Waals surface area (Å²) in [5.74, 6) is 0.0382. The lowest BCUT2D eigenvalue weighted by Crippen LogP contribution is -3.06. The average molecular weight is 235 g/mol. The summed E-state index contributed by atoms with van der Waals surface area (Å²) in [7, 11) is 4.13. The Bertz CT molecular complexity index is 262. The van der Waals surface area contributed by atoms with Crippen LogP contribution in [0.15, 0.2) is 17.5 Å². The Balaban J connectivity index is 0.00000169.